The Labute approximate surface area is 107 Å². The van der Waals surface area contributed by atoms with Crippen molar-refractivity contribution in [3.63, 3.8) is 0 Å². The van der Waals surface area contributed by atoms with Crippen LogP contribution in [0, 0.1) is 5.92 Å². The van der Waals surface area contributed by atoms with Gasteiger partial charge in [-0.25, -0.2) is 0 Å². The van der Waals surface area contributed by atoms with Gasteiger partial charge in [0, 0.05) is 11.6 Å². The van der Waals surface area contributed by atoms with Crippen LogP contribution >= 0.6 is 11.6 Å². The van der Waals surface area contributed by atoms with Crippen LogP contribution < -0.4 is 5.32 Å². The minimum atomic E-state index is -0.156. The molecule has 0 saturated carbocycles. The summed E-state index contributed by atoms with van der Waals surface area (Å²) in [6.07, 6.45) is 0.664. The second-order valence-corrected chi connectivity index (χ2v) is 4.27. The number of carbonyl (C=O) groups is 1. The molecule has 0 aromatic heterocycles. The Morgan fingerprint density at radius 1 is 1.41 bits per heavy atom. The van der Waals surface area contributed by atoms with Gasteiger partial charge in [0.2, 0.25) is 0 Å². The van der Waals surface area contributed by atoms with Crippen LogP contribution in [0.15, 0.2) is 24.3 Å². The maximum Gasteiger partial charge on any atom is 0.310 e. The molecule has 94 valence electrons. The smallest absolute Gasteiger partial charge is 0.310 e. The highest BCUT2D eigenvalue weighted by Gasteiger charge is 2.19. The van der Waals surface area contributed by atoms with Crippen molar-refractivity contribution in [3.8, 4) is 0 Å². The molecule has 0 bridgehead atoms. The fourth-order valence-corrected chi connectivity index (χ4v) is 1.78. The Hall–Kier alpha value is -1.06. The van der Waals surface area contributed by atoms with Crippen LogP contribution in [-0.2, 0) is 16.0 Å². The number of hydrogen-bond acceptors (Lipinski definition) is 3. The van der Waals surface area contributed by atoms with Crippen molar-refractivity contribution in [2.24, 2.45) is 5.92 Å². The van der Waals surface area contributed by atoms with Crippen LogP contribution in [0.2, 0.25) is 5.02 Å². The van der Waals surface area contributed by atoms with Crippen LogP contribution in [0.5, 0.6) is 0 Å². The Morgan fingerprint density at radius 2 is 2.06 bits per heavy atom. The molecule has 0 aliphatic heterocycles. The van der Waals surface area contributed by atoms with E-state index in [1.54, 1.807) is 0 Å². The van der Waals surface area contributed by atoms with Gasteiger partial charge in [0.05, 0.1) is 12.5 Å². The summed E-state index contributed by atoms with van der Waals surface area (Å²) in [5.41, 5.74) is 1.09. The van der Waals surface area contributed by atoms with Crippen LogP contribution in [0.1, 0.15) is 12.5 Å². The van der Waals surface area contributed by atoms with Crippen molar-refractivity contribution in [3.05, 3.63) is 34.9 Å². The maximum atomic E-state index is 11.7. The third-order valence-electron chi connectivity index (χ3n) is 2.47. The van der Waals surface area contributed by atoms with E-state index in [9.17, 15) is 4.79 Å². The van der Waals surface area contributed by atoms with E-state index in [1.807, 2.05) is 38.2 Å². The number of benzene rings is 1. The molecule has 0 amide bonds. The highest BCUT2D eigenvalue weighted by Crippen LogP contribution is 2.14. The predicted octanol–water partition coefficient (Wildman–Crippen LogP) is 2.28. The van der Waals surface area contributed by atoms with E-state index >= 15 is 0 Å². The fourth-order valence-electron chi connectivity index (χ4n) is 1.65. The molecule has 1 rings (SSSR count). The molecule has 0 heterocycles. The molecule has 0 aliphatic rings. The van der Waals surface area contributed by atoms with Crippen LogP contribution in [-0.4, -0.2) is 26.2 Å². The number of nitrogens with one attached hydrogen (secondary N) is 1. The normalized spacial score (nSPS) is 12.2. The average Bonchev–Trinajstić information content (AvgIpc) is 2.31. The fraction of sp³-hybridized carbons (Fsp3) is 0.462. The third kappa shape index (κ3) is 4.75. The minimum absolute atomic E-state index is 0.152. The summed E-state index contributed by atoms with van der Waals surface area (Å²) in [4.78, 5) is 11.7. The SMILES string of the molecule is CCOC(=O)C(CNC)Cc1ccc(Cl)cc1. The van der Waals surface area contributed by atoms with Gasteiger partial charge in [-0.1, -0.05) is 23.7 Å². The van der Waals surface area contributed by atoms with Crippen molar-refractivity contribution < 1.29 is 9.53 Å². The minimum Gasteiger partial charge on any atom is -0.466 e. The Morgan fingerprint density at radius 3 is 2.59 bits per heavy atom. The lowest BCUT2D eigenvalue weighted by molar-refractivity contribution is -0.147. The van der Waals surface area contributed by atoms with Gasteiger partial charge in [-0.05, 0) is 38.1 Å². The van der Waals surface area contributed by atoms with Crippen LogP contribution in [0.25, 0.3) is 0 Å². The summed E-state index contributed by atoms with van der Waals surface area (Å²) >= 11 is 5.82. The van der Waals surface area contributed by atoms with E-state index in [0.717, 1.165) is 5.56 Å². The van der Waals surface area contributed by atoms with Crippen molar-refractivity contribution in [1.29, 1.82) is 0 Å². The zero-order valence-corrected chi connectivity index (χ0v) is 11.0. The molecule has 4 heteroatoms. The van der Waals surface area contributed by atoms with Crippen molar-refractivity contribution in [2.75, 3.05) is 20.2 Å². The standard InChI is InChI=1S/C13H18ClNO2/c1-3-17-13(16)11(9-15-2)8-10-4-6-12(14)7-5-10/h4-7,11,15H,3,8-9H2,1-2H3. The van der Waals surface area contributed by atoms with Gasteiger partial charge in [-0.3, -0.25) is 4.79 Å². The molecule has 1 aromatic rings. The van der Waals surface area contributed by atoms with Crippen LogP contribution in [0.4, 0.5) is 0 Å². The van der Waals surface area contributed by atoms with Gasteiger partial charge in [0.1, 0.15) is 0 Å². The number of ether oxygens (including phenoxy) is 1. The van der Waals surface area contributed by atoms with E-state index in [4.69, 9.17) is 16.3 Å². The number of hydrogen-bond donors (Lipinski definition) is 1. The Kier molecular flexibility index (Phi) is 6.01. The zero-order valence-electron chi connectivity index (χ0n) is 10.2. The quantitative estimate of drug-likeness (QED) is 0.793. The van der Waals surface area contributed by atoms with Crippen molar-refractivity contribution in [1.82, 2.24) is 5.32 Å². The number of halogens is 1. The molecule has 0 spiro atoms. The summed E-state index contributed by atoms with van der Waals surface area (Å²) in [5, 5.41) is 3.72. The molecule has 3 nitrogen and oxygen atoms in total. The molecule has 1 N–H and O–H groups in total. The molecule has 1 unspecified atom stereocenters. The molecular weight excluding hydrogens is 238 g/mol. The molecule has 0 fully saturated rings. The molecule has 17 heavy (non-hydrogen) atoms. The topological polar surface area (TPSA) is 38.3 Å². The second-order valence-electron chi connectivity index (χ2n) is 3.84. The first-order chi connectivity index (χ1) is 8.17. The highest BCUT2D eigenvalue weighted by molar-refractivity contribution is 6.30. The van der Waals surface area contributed by atoms with Gasteiger partial charge in [-0.2, -0.15) is 0 Å². The number of carbonyl (C=O) groups excluding carboxylic acids is 1. The Bertz CT molecular complexity index is 351. The third-order valence-corrected chi connectivity index (χ3v) is 2.72. The molecule has 0 aliphatic carbocycles. The first-order valence-electron chi connectivity index (χ1n) is 5.73. The van der Waals surface area contributed by atoms with Gasteiger partial charge in [0.15, 0.2) is 0 Å². The van der Waals surface area contributed by atoms with E-state index in [-0.39, 0.29) is 11.9 Å². The highest BCUT2D eigenvalue weighted by atomic mass is 35.5. The summed E-state index contributed by atoms with van der Waals surface area (Å²) in [6, 6.07) is 7.53. The van der Waals surface area contributed by atoms with E-state index < -0.39 is 0 Å². The van der Waals surface area contributed by atoms with Crippen LogP contribution in [0.3, 0.4) is 0 Å². The molecule has 1 aromatic carbocycles. The second kappa shape index (κ2) is 7.30. The van der Waals surface area contributed by atoms with Gasteiger partial charge < -0.3 is 10.1 Å². The monoisotopic (exact) mass is 255 g/mol. The first-order valence-corrected chi connectivity index (χ1v) is 6.10. The van der Waals surface area contributed by atoms with Gasteiger partial charge >= 0.3 is 5.97 Å². The van der Waals surface area contributed by atoms with Crippen molar-refractivity contribution >= 4 is 17.6 Å². The molecule has 1 atom stereocenters. The Balaban J connectivity index is 2.65. The van der Waals surface area contributed by atoms with Crippen molar-refractivity contribution in [2.45, 2.75) is 13.3 Å². The van der Waals surface area contributed by atoms with E-state index in [0.29, 0.717) is 24.6 Å². The summed E-state index contributed by atoms with van der Waals surface area (Å²) in [5.74, 6) is -0.307. The largest absolute Gasteiger partial charge is 0.466 e. The number of esters is 1. The predicted molar refractivity (Wildman–Crippen MR) is 69.2 cm³/mol. The summed E-state index contributed by atoms with van der Waals surface area (Å²) < 4.78 is 5.05. The average molecular weight is 256 g/mol. The maximum absolute atomic E-state index is 11.7. The lowest BCUT2D eigenvalue weighted by Gasteiger charge is -2.15. The molecule has 0 saturated heterocycles. The number of rotatable bonds is 6. The summed E-state index contributed by atoms with van der Waals surface area (Å²) in [6.45, 7) is 2.84. The van der Waals surface area contributed by atoms with Gasteiger partial charge in [0.25, 0.3) is 0 Å². The lowest BCUT2D eigenvalue weighted by Crippen LogP contribution is -2.29. The zero-order chi connectivity index (χ0) is 12.7. The van der Waals surface area contributed by atoms with E-state index in [2.05, 4.69) is 5.32 Å². The first kappa shape index (κ1) is 14.0. The molecular formula is C13H18ClNO2. The van der Waals surface area contributed by atoms with Gasteiger partial charge in [-0.15, -0.1) is 0 Å². The lowest BCUT2D eigenvalue weighted by atomic mass is 9.99. The molecule has 0 radical (unpaired) electrons. The summed E-state index contributed by atoms with van der Waals surface area (Å²) in [7, 11) is 1.83. The van der Waals surface area contributed by atoms with E-state index in [1.165, 1.54) is 0 Å².